The van der Waals surface area contributed by atoms with Gasteiger partial charge in [0.05, 0.1) is 27.7 Å². The van der Waals surface area contributed by atoms with Crippen LogP contribution in [0.15, 0.2) is 0 Å². The fourth-order valence-electron chi connectivity index (χ4n) is 0.400. The Morgan fingerprint density at radius 3 is 1.89 bits per heavy atom. The molecule has 0 spiro atoms. The first-order valence-corrected chi connectivity index (χ1v) is 2.83. The molecule has 0 aromatic rings. The summed E-state index contributed by atoms with van der Waals surface area (Å²) in [5, 5.41) is 0. The molecule has 0 atom stereocenters. The topological polar surface area (TPSA) is 38.0 Å². The van der Waals surface area contributed by atoms with E-state index in [9.17, 15) is 0 Å². The lowest BCUT2D eigenvalue weighted by Crippen LogP contribution is -2.49. The normalized spacial score (nSPS) is 10.7. The van der Waals surface area contributed by atoms with Crippen molar-refractivity contribution in [1.29, 1.82) is 0 Å². The third kappa shape index (κ3) is 11.6. The van der Waals surface area contributed by atoms with Crippen LogP contribution >= 0.6 is 12.4 Å². The molecule has 3 nitrogen and oxygen atoms in total. The van der Waals surface area contributed by atoms with Gasteiger partial charge in [0.25, 0.3) is 0 Å². The van der Waals surface area contributed by atoms with Gasteiger partial charge in [-0.1, -0.05) is 0 Å². The Morgan fingerprint density at radius 1 is 1.33 bits per heavy atom. The Balaban J connectivity index is 0. The summed E-state index contributed by atoms with van der Waals surface area (Å²) in [4.78, 5) is 0. The second kappa shape index (κ2) is 4.99. The van der Waals surface area contributed by atoms with Crippen LogP contribution < -0.4 is 11.2 Å². The molecule has 0 aliphatic carbocycles. The van der Waals surface area contributed by atoms with Crippen molar-refractivity contribution in [2.75, 3.05) is 34.2 Å². The van der Waals surface area contributed by atoms with Crippen molar-refractivity contribution in [3.63, 3.8) is 0 Å². The van der Waals surface area contributed by atoms with E-state index in [1.165, 1.54) is 0 Å². The van der Waals surface area contributed by atoms with Crippen molar-refractivity contribution in [2.24, 2.45) is 5.73 Å². The van der Waals surface area contributed by atoms with Crippen LogP contribution in [0, 0.1) is 0 Å². The largest absolute Gasteiger partial charge is 0.329 e. The second-order valence-electron chi connectivity index (χ2n) is 2.71. The monoisotopic (exact) mass is 154 g/mol. The first kappa shape index (κ1) is 11.9. The minimum absolute atomic E-state index is 0. The third-order valence-electron chi connectivity index (χ3n) is 0.730. The first-order chi connectivity index (χ1) is 3.56. The van der Waals surface area contributed by atoms with Gasteiger partial charge < -0.3 is 5.73 Å². The number of quaternary nitrogens is 1. The van der Waals surface area contributed by atoms with Crippen LogP contribution in [0.1, 0.15) is 0 Å². The molecule has 9 heavy (non-hydrogen) atoms. The molecule has 0 unspecified atom stereocenters. The Morgan fingerprint density at radius 2 is 1.78 bits per heavy atom. The van der Waals surface area contributed by atoms with E-state index in [2.05, 4.69) is 26.6 Å². The highest BCUT2D eigenvalue weighted by molar-refractivity contribution is 5.85. The zero-order chi connectivity index (χ0) is 6.62. The van der Waals surface area contributed by atoms with Crippen LogP contribution in [-0.4, -0.2) is 38.8 Å². The maximum atomic E-state index is 5.26. The van der Waals surface area contributed by atoms with E-state index in [4.69, 9.17) is 5.73 Å². The van der Waals surface area contributed by atoms with Crippen molar-refractivity contribution < 1.29 is 4.59 Å². The molecule has 0 aliphatic rings. The lowest BCUT2D eigenvalue weighted by Gasteiger charge is -2.23. The number of hydrogen-bond acceptors (Lipinski definition) is 2. The summed E-state index contributed by atoms with van der Waals surface area (Å²) in [6.07, 6.45) is 0. The standard InChI is InChI=1S/C5H16N3.ClH/c1-8(2,3)7-5-4-6;/h7H,4-6H2,1-3H3;1H/q+1;. The Bertz CT molecular complexity index is 59.7. The summed E-state index contributed by atoms with van der Waals surface area (Å²) in [6.45, 7) is 1.58. The molecule has 0 aromatic carbocycles. The molecular formula is C5H17ClN3+. The van der Waals surface area contributed by atoms with E-state index in [1.807, 2.05) is 0 Å². The zero-order valence-corrected chi connectivity index (χ0v) is 7.16. The molecule has 0 aliphatic heterocycles. The molecule has 0 heterocycles. The van der Waals surface area contributed by atoms with Crippen molar-refractivity contribution in [3.05, 3.63) is 0 Å². The summed E-state index contributed by atoms with van der Waals surface area (Å²) < 4.78 is 0.775. The van der Waals surface area contributed by atoms with Gasteiger partial charge in [0.1, 0.15) is 0 Å². The number of nitrogens with zero attached hydrogens (tertiary/aromatic N) is 1. The van der Waals surface area contributed by atoms with Gasteiger partial charge >= 0.3 is 0 Å². The Hall–Kier alpha value is 0.170. The van der Waals surface area contributed by atoms with Crippen LogP contribution in [0.5, 0.6) is 0 Å². The van der Waals surface area contributed by atoms with Gasteiger partial charge in [-0.3, -0.25) is 4.59 Å². The predicted octanol–water partition coefficient (Wildman–Crippen LogP) is -0.422. The highest BCUT2D eigenvalue weighted by atomic mass is 35.5. The summed E-state index contributed by atoms with van der Waals surface area (Å²) in [6, 6.07) is 0. The molecule has 0 saturated carbocycles. The van der Waals surface area contributed by atoms with Gasteiger partial charge in [0, 0.05) is 6.54 Å². The van der Waals surface area contributed by atoms with E-state index in [-0.39, 0.29) is 12.4 Å². The van der Waals surface area contributed by atoms with Gasteiger partial charge in [-0.05, 0) is 0 Å². The average molecular weight is 155 g/mol. The summed E-state index contributed by atoms with van der Waals surface area (Å²) >= 11 is 0. The Kier molecular flexibility index (Phi) is 6.61. The predicted molar refractivity (Wildman–Crippen MR) is 42.3 cm³/mol. The third-order valence-corrected chi connectivity index (χ3v) is 0.730. The molecule has 0 fully saturated rings. The molecule has 0 radical (unpaired) electrons. The van der Waals surface area contributed by atoms with Crippen molar-refractivity contribution in [1.82, 2.24) is 5.43 Å². The molecule has 0 amide bonds. The fraction of sp³-hybridized carbons (Fsp3) is 1.00. The highest BCUT2D eigenvalue weighted by Crippen LogP contribution is 1.77. The first-order valence-electron chi connectivity index (χ1n) is 2.83. The summed E-state index contributed by atoms with van der Waals surface area (Å²) in [5.41, 5.74) is 8.45. The van der Waals surface area contributed by atoms with Crippen LogP contribution in [0.25, 0.3) is 0 Å². The lowest BCUT2D eigenvalue weighted by atomic mass is 10.7. The maximum Gasteiger partial charge on any atom is 0.0853 e. The van der Waals surface area contributed by atoms with Gasteiger partial charge in [-0.2, -0.15) is 5.43 Å². The van der Waals surface area contributed by atoms with Crippen LogP contribution in [0.2, 0.25) is 0 Å². The van der Waals surface area contributed by atoms with Crippen LogP contribution in [0.3, 0.4) is 0 Å². The van der Waals surface area contributed by atoms with E-state index < -0.39 is 0 Å². The quantitative estimate of drug-likeness (QED) is 0.428. The van der Waals surface area contributed by atoms with Gasteiger partial charge in [-0.25, -0.2) is 0 Å². The molecule has 3 N–H and O–H groups in total. The van der Waals surface area contributed by atoms with E-state index in [0.29, 0.717) is 6.54 Å². The van der Waals surface area contributed by atoms with E-state index in [0.717, 1.165) is 11.1 Å². The van der Waals surface area contributed by atoms with E-state index in [1.54, 1.807) is 0 Å². The zero-order valence-electron chi connectivity index (χ0n) is 6.35. The number of hydrogen-bond donors (Lipinski definition) is 2. The van der Waals surface area contributed by atoms with Crippen LogP contribution in [0.4, 0.5) is 0 Å². The molecule has 0 aromatic heterocycles. The van der Waals surface area contributed by atoms with Gasteiger partial charge in [0.2, 0.25) is 0 Å². The summed E-state index contributed by atoms with van der Waals surface area (Å²) in [7, 11) is 6.20. The van der Waals surface area contributed by atoms with Gasteiger partial charge in [0.15, 0.2) is 0 Å². The molecule has 0 saturated heterocycles. The van der Waals surface area contributed by atoms with Crippen molar-refractivity contribution in [3.8, 4) is 0 Å². The van der Waals surface area contributed by atoms with E-state index >= 15 is 0 Å². The lowest BCUT2D eigenvalue weighted by molar-refractivity contribution is -0.915. The molecule has 58 valence electrons. The molecular weight excluding hydrogens is 138 g/mol. The minimum atomic E-state index is 0. The minimum Gasteiger partial charge on any atom is -0.329 e. The number of nitrogens with one attached hydrogen (secondary N) is 1. The maximum absolute atomic E-state index is 5.26. The smallest absolute Gasteiger partial charge is 0.0853 e. The molecule has 0 bridgehead atoms. The average Bonchev–Trinajstić information content (AvgIpc) is 1.59. The number of nitrogens with two attached hydrogens (primary N) is 1. The highest BCUT2D eigenvalue weighted by Gasteiger charge is 2.01. The van der Waals surface area contributed by atoms with Gasteiger partial charge in [-0.15, -0.1) is 12.4 Å². The second-order valence-corrected chi connectivity index (χ2v) is 2.71. The molecule has 0 rings (SSSR count). The van der Waals surface area contributed by atoms with Crippen molar-refractivity contribution >= 4 is 12.4 Å². The molecule has 4 heteroatoms. The fourth-order valence-corrected chi connectivity index (χ4v) is 0.400. The van der Waals surface area contributed by atoms with Crippen molar-refractivity contribution in [2.45, 2.75) is 0 Å². The Labute approximate surface area is 63.2 Å². The number of rotatable bonds is 3. The summed E-state index contributed by atoms with van der Waals surface area (Å²) in [5.74, 6) is 0. The number of halogens is 1. The SMILES string of the molecule is C[N+](C)(C)NCCN.Cl. The van der Waals surface area contributed by atoms with Crippen LogP contribution in [-0.2, 0) is 0 Å².